The van der Waals surface area contributed by atoms with Crippen LogP contribution in [-0.4, -0.2) is 18.0 Å². The van der Waals surface area contributed by atoms with Crippen LogP contribution in [0.1, 0.15) is 29.8 Å². The van der Waals surface area contributed by atoms with Crippen molar-refractivity contribution in [3.05, 3.63) is 65.5 Å². The Kier molecular flexibility index (Phi) is 5.78. The minimum absolute atomic E-state index is 0.0869. The topological polar surface area (TPSA) is 70.6 Å². The monoisotopic (exact) mass is 327 g/mol. The van der Waals surface area contributed by atoms with Gasteiger partial charge in [0, 0.05) is 17.2 Å². The second kappa shape index (κ2) is 8.01. The SMILES string of the molecule is CC(C)C(=O)Nc1ccc(C(=O)N/N=C\c2ccc(F)cc2)cc1. The molecule has 0 aromatic heterocycles. The second-order valence-corrected chi connectivity index (χ2v) is 5.47. The van der Waals surface area contributed by atoms with Crippen molar-refractivity contribution in [3.8, 4) is 0 Å². The molecule has 0 saturated heterocycles. The Morgan fingerprint density at radius 1 is 1.04 bits per heavy atom. The van der Waals surface area contributed by atoms with Crippen LogP contribution in [0.25, 0.3) is 0 Å². The summed E-state index contributed by atoms with van der Waals surface area (Å²) >= 11 is 0. The number of nitrogens with one attached hydrogen (secondary N) is 2. The molecule has 0 radical (unpaired) electrons. The predicted molar refractivity (Wildman–Crippen MR) is 91.4 cm³/mol. The summed E-state index contributed by atoms with van der Waals surface area (Å²) in [6.45, 7) is 3.60. The Morgan fingerprint density at radius 3 is 2.25 bits per heavy atom. The van der Waals surface area contributed by atoms with Gasteiger partial charge in [0.15, 0.2) is 0 Å². The highest BCUT2D eigenvalue weighted by Gasteiger charge is 2.08. The van der Waals surface area contributed by atoms with Gasteiger partial charge < -0.3 is 5.32 Å². The van der Waals surface area contributed by atoms with E-state index in [0.29, 0.717) is 16.8 Å². The summed E-state index contributed by atoms with van der Waals surface area (Å²) in [6.07, 6.45) is 1.43. The molecule has 2 N–H and O–H groups in total. The lowest BCUT2D eigenvalue weighted by molar-refractivity contribution is -0.118. The van der Waals surface area contributed by atoms with Crippen LogP contribution >= 0.6 is 0 Å². The van der Waals surface area contributed by atoms with Crippen LogP contribution in [0, 0.1) is 11.7 Å². The van der Waals surface area contributed by atoms with Crippen molar-refractivity contribution in [1.82, 2.24) is 5.43 Å². The average Bonchev–Trinajstić information content (AvgIpc) is 2.57. The van der Waals surface area contributed by atoms with Crippen LogP contribution in [0.3, 0.4) is 0 Å². The summed E-state index contributed by atoms with van der Waals surface area (Å²) < 4.78 is 12.8. The van der Waals surface area contributed by atoms with E-state index in [1.165, 1.54) is 18.3 Å². The highest BCUT2D eigenvalue weighted by Crippen LogP contribution is 2.11. The molecule has 0 spiro atoms. The Hall–Kier alpha value is -3.02. The third-order valence-corrected chi connectivity index (χ3v) is 3.19. The lowest BCUT2D eigenvalue weighted by Crippen LogP contribution is -2.19. The van der Waals surface area contributed by atoms with Crippen LogP contribution in [0.4, 0.5) is 10.1 Å². The Labute approximate surface area is 139 Å². The number of hydrazone groups is 1. The molecule has 6 heteroatoms. The van der Waals surface area contributed by atoms with Crippen molar-refractivity contribution < 1.29 is 14.0 Å². The molecule has 2 aromatic carbocycles. The minimum atomic E-state index is -0.380. The Morgan fingerprint density at radius 2 is 1.67 bits per heavy atom. The van der Waals surface area contributed by atoms with E-state index in [-0.39, 0.29) is 23.5 Å². The van der Waals surface area contributed by atoms with Gasteiger partial charge in [-0.25, -0.2) is 9.82 Å². The third kappa shape index (κ3) is 5.01. The number of benzene rings is 2. The first-order chi connectivity index (χ1) is 11.5. The first kappa shape index (κ1) is 17.3. The fourth-order valence-corrected chi connectivity index (χ4v) is 1.77. The molecule has 2 rings (SSSR count). The smallest absolute Gasteiger partial charge is 0.271 e. The first-order valence-corrected chi connectivity index (χ1v) is 7.45. The van der Waals surface area contributed by atoms with E-state index in [2.05, 4.69) is 15.8 Å². The Bertz CT molecular complexity index is 738. The third-order valence-electron chi connectivity index (χ3n) is 3.19. The van der Waals surface area contributed by atoms with Crippen LogP contribution in [-0.2, 0) is 4.79 Å². The van der Waals surface area contributed by atoms with Crippen LogP contribution < -0.4 is 10.7 Å². The summed E-state index contributed by atoms with van der Waals surface area (Å²) in [7, 11) is 0. The van der Waals surface area contributed by atoms with Gasteiger partial charge in [-0.3, -0.25) is 9.59 Å². The fraction of sp³-hybridized carbons (Fsp3) is 0.167. The maximum Gasteiger partial charge on any atom is 0.271 e. The van der Waals surface area contributed by atoms with E-state index < -0.39 is 0 Å². The second-order valence-electron chi connectivity index (χ2n) is 5.47. The molecule has 5 nitrogen and oxygen atoms in total. The standard InChI is InChI=1S/C18H18FN3O2/c1-12(2)17(23)21-16-9-5-14(6-10-16)18(24)22-20-11-13-3-7-15(19)8-4-13/h3-12H,1-2H3,(H,21,23)(H,22,24)/b20-11-. The number of hydrogen-bond donors (Lipinski definition) is 2. The number of hydrogen-bond acceptors (Lipinski definition) is 3. The molecule has 0 bridgehead atoms. The van der Waals surface area contributed by atoms with E-state index in [1.807, 2.05) is 0 Å². The molecule has 0 unspecified atom stereocenters. The van der Waals surface area contributed by atoms with Crippen molar-refractivity contribution in [1.29, 1.82) is 0 Å². The zero-order valence-corrected chi connectivity index (χ0v) is 13.4. The number of carbonyl (C=O) groups excluding carboxylic acids is 2. The number of nitrogens with zero attached hydrogens (tertiary/aromatic N) is 1. The first-order valence-electron chi connectivity index (χ1n) is 7.45. The maximum absolute atomic E-state index is 12.8. The quantitative estimate of drug-likeness (QED) is 0.654. The van der Waals surface area contributed by atoms with E-state index in [0.717, 1.165) is 0 Å². The molecule has 24 heavy (non-hydrogen) atoms. The summed E-state index contributed by atoms with van der Waals surface area (Å²) in [5, 5.41) is 6.57. The van der Waals surface area contributed by atoms with Gasteiger partial charge in [0.2, 0.25) is 5.91 Å². The number of amides is 2. The van der Waals surface area contributed by atoms with Crippen molar-refractivity contribution in [3.63, 3.8) is 0 Å². The molecule has 0 heterocycles. The van der Waals surface area contributed by atoms with Gasteiger partial charge in [-0.05, 0) is 42.0 Å². The predicted octanol–water partition coefficient (Wildman–Crippen LogP) is 3.18. The molecule has 2 amide bonds. The molecule has 0 fully saturated rings. The number of carbonyl (C=O) groups is 2. The number of halogens is 1. The molecule has 0 aliphatic rings. The maximum atomic E-state index is 12.8. The summed E-state index contributed by atoms with van der Waals surface area (Å²) in [6, 6.07) is 12.2. The normalized spacial score (nSPS) is 10.8. The number of anilines is 1. The molecular weight excluding hydrogens is 309 g/mol. The summed E-state index contributed by atoms with van der Waals surface area (Å²) in [4.78, 5) is 23.6. The van der Waals surface area contributed by atoms with E-state index in [4.69, 9.17) is 0 Å². The van der Waals surface area contributed by atoms with Crippen LogP contribution in [0.15, 0.2) is 53.6 Å². The van der Waals surface area contributed by atoms with Gasteiger partial charge in [-0.1, -0.05) is 26.0 Å². The van der Waals surface area contributed by atoms with Crippen LogP contribution in [0.2, 0.25) is 0 Å². The molecule has 0 saturated carbocycles. The molecule has 0 aliphatic carbocycles. The fourth-order valence-electron chi connectivity index (χ4n) is 1.77. The van der Waals surface area contributed by atoms with Crippen LogP contribution in [0.5, 0.6) is 0 Å². The average molecular weight is 327 g/mol. The Balaban J connectivity index is 1.92. The summed E-state index contributed by atoms with van der Waals surface area (Å²) in [5.41, 5.74) is 4.10. The van der Waals surface area contributed by atoms with Crippen molar-refractivity contribution in [2.45, 2.75) is 13.8 Å². The highest BCUT2D eigenvalue weighted by molar-refractivity contribution is 5.96. The molecule has 2 aromatic rings. The van der Waals surface area contributed by atoms with E-state index in [1.54, 1.807) is 50.2 Å². The lowest BCUT2D eigenvalue weighted by Gasteiger charge is -2.08. The van der Waals surface area contributed by atoms with Crippen molar-refractivity contribution >= 4 is 23.7 Å². The van der Waals surface area contributed by atoms with Gasteiger partial charge in [0.25, 0.3) is 5.91 Å². The van der Waals surface area contributed by atoms with Gasteiger partial charge in [0.05, 0.1) is 6.21 Å². The summed E-state index contributed by atoms with van der Waals surface area (Å²) in [5.74, 6) is -0.916. The zero-order valence-electron chi connectivity index (χ0n) is 13.4. The van der Waals surface area contributed by atoms with Gasteiger partial charge >= 0.3 is 0 Å². The molecular formula is C18H18FN3O2. The molecule has 124 valence electrons. The number of rotatable bonds is 5. The molecule has 0 aliphatic heterocycles. The van der Waals surface area contributed by atoms with E-state index in [9.17, 15) is 14.0 Å². The van der Waals surface area contributed by atoms with Gasteiger partial charge in [-0.2, -0.15) is 5.10 Å². The van der Waals surface area contributed by atoms with Gasteiger partial charge in [-0.15, -0.1) is 0 Å². The largest absolute Gasteiger partial charge is 0.326 e. The highest BCUT2D eigenvalue weighted by atomic mass is 19.1. The molecule has 0 atom stereocenters. The zero-order chi connectivity index (χ0) is 17.5. The van der Waals surface area contributed by atoms with Crippen molar-refractivity contribution in [2.24, 2.45) is 11.0 Å². The van der Waals surface area contributed by atoms with Gasteiger partial charge in [0.1, 0.15) is 5.82 Å². The lowest BCUT2D eigenvalue weighted by atomic mass is 10.1. The minimum Gasteiger partial charge on any atom is -0.326 e. The van der Waals surface area contributed by atoms with E-state index >= 15 is 0 Å². The van der Waals surface area contributed by atoms with Crippen molar-refractivity contribution in [2.75, 3.05) is 5.32 Å².